The molecule has 0 unspecified atom stereocenters. The quantitative estimate of drug-likeness (QED) is 0.423. The molecular weight excluding hydrogens is 360 g/mol. The summed E-state index contributed by atoms with van der Waals surface area (Å²) >= 11 is 1.28. The zero-order valence-corrected chi connectivity index (χ0v) is 15.2. The van der Waals surface area contributed by atoms with E-state index in [2.05, 4.69) is 21.4 Å². The van der Waals surface area contributed by atoms with Gasteiger partial charge < -0.3 is 9.73 Å². The van der Waals surface area contributed by atoms with Gasteiger partial charge in [-0.05, 0) is 31.2 Å². The highest BCUT2D eigenvalue weighted by atomic mass is 32.2. The van der Waals surface area contributed by atoms with Crippen molar-refractivity contribution in [1.29, 1.82) is 5.26 Å². The van der Waals surface area contributed by atoms with Gasteiger partial charge in [-0.15, -0.1) is 0 Å². The molecule has 27 heavy (non-hydrogen) atoms. The van der Waals surface area contributed by atoms with Gasteiger partial charge in [-0.3, -0.25) is 4.79 Å². The van der Waals surface area contributed by atoms with Crippen LogP contribution in [0.15, 0.2) is 58.0 Å². The molecule has 6 nitrogen and oxygen atoms in total. The van der Waals surface area contributed by atoms with Crippen molar-refractivity contribution in [3.05, 3.63) is 59.9 Å². The summed E-state index contributed by atoms with van der Waals surface area (Å²) in [7, 11) is 0. The molecular formula is C20H14N4O2S. The molecule has 0 aliphatic rings. The van der Waals surface area contributed by atoms with E-state index in [4.69, 9.17) is 9.68 Å². The highest BCUT2D eigenvalue weighted by molar-refractivity contribution is 8.00. The summed E-state index contributed by atoms with van der Waals surface area (Å²) in [6.45, 7) is 1.81. The molecule has 0 aliphatic carbocycles. The number of furan rings is 1. The third-order valence-corrected chi connectivity index (χ3v) is 4.92. The molecule has 1 N–H and O–H groups in total. The summed E-state index contributed by atoms with van der Waals surface area (Å²) in [5, 5.41) is 13.4. The molecule has 0 atom stereocenters. The van der Waals surface area contributed by atoms with Gasteiger partial charge in [0.2, 0.25) is 5.91 Å². The number of nitriles is 1. The van der Waals surface area contributed by atoms with Crippen LogP contribution in [0, 0.1) is 18.3 Å². The Morgan fingerprint density at radius 1 is 1.19 bits per heavy atom. The Kier molecular flexibility index (Phi) is 4.48. The number of hydrogen-bond acceptors (Lipinski definition) is 6. The molecule has 1 amide bonds. The first kappa shape index (κ1) is 17.1. The Bertz CT molecular complexity index is 1210. The second-order valence-electron chi connectivity index (χ2n) is 5.85. The number of anilines is 1. The average Bonchev–Trinajstić information content (AvgIpc) is 3.05. The van der Waals surface area contributed by atoms with Gasteiger partial charge in [0.05, 0.1) is 17.0 Å². The summed E-state index contributed by atoms with van der Waals surface area (Å²) in [6, 6.07) is 16.6. The summed E-state index contributed by atoms with van der Waals surface area (Å²) in [5.41, 5.74) is 2.99. The summed E-state index contributed by atoms with van der Waals surface area (Å²) in [5.74, 6) is 0.539. The number of aromatic nitrogens is 2. The number of nitrogens with one attached hydrogen (secondary N) is 1. The molecule has 0 saturated heterocycles. The lowest BCUT2D eigenvalue weighted by Gasteiger charge is -2.07. The van der Waals surface area contributed by atoms with Crippen LogP contribution in [-0.4, -0.2) is 21.6 Å². The minimum absolute atomic E-state index is 0.141. The van der Waals surface area contributed by atoms with Crippen LogP contribution >= 0.6 is 11.8 Å². The topological polar surface area (TPSA) is 91.8 Å². The molecule has 4 aromatic rings. The van der Waals surface area contributed by atoms with Crippen LogP contribution in [0.2, 0.25) is 0 Å². The van der Waals surface area contributed by atoms with E-state index in [0.29, 0.717) is 27.7 Å². The van der Waals surface area contributed by atoms with E-state index in [1.165, 1.54) is 11.8 Å². The third-order valence-electron chi connectivity index (χ3n) is 3.96. The van der Waals surface area contributed by atoms with Crippen LogP contribution in [0.1, 0.15) is 11.4 Å². The Hall–Kier alpha value is -3.37. The van der Waals surface area contributed by atoms with Gasteiger partial charge in [0, 0.05) is 5.39 Å². The predicted molar refractivity (Wildman–Crippen MR) is 105 cm³/mol. The molecule has 2 aromatic carbocycles. The van der Waals surface area contributed by atoms with Crippen molar-refractivity contribution in [3.63, 3.8) is 0 Å². The van der Waals surface area contributed by atoms with Gasteiger partial charge in [-0.2, -0.15) is 5.26 Å². The second-order valence-corrected chi connectivity index (χ2v) is 6.81. The lowest BCUT2D eigenvalue weighted by Crippen LogP contribution is -2.15. The first-order chi connectivity index (χ1) is 13.2. The fraction of sp³-hybridized carbons (Fsp3) is 0.100. The Morgan fingerprint density at radius 3 is 2.81 bits per heavy atom. The molecule has 0 spiro atoms. The van der Waals surface area contributed by atoms with Crippen molar-refractivity contribution in [3.8, 4) is 6.07 Å². The third kappa shape index (κ3) is 3.35. The summed E-state index contributed by atoms with van der Waals surface area (Å²) < 4.78 is 5.91. The number of carbonyl (C=O) groups is 1. The summed E-state index contributed by atoms with van der Waals surface area (Å²) in [6.07, 6.45) is 0. The smallest absolute Gasteiger partial charge is 0.234 e. The van der Waals surface area contributed by atoms with Crippen LogP contribution in [0.3, 0.4) is 0 Å². The zero-order chi connectivity index (χ0) is 18.8. The first-order valence-electron chi connectivity index (χ1n) is 8.23. The predicted octanol–water partition coefficient (Wildman–Crippen LogP) is 4.29. The van der Waals surface area contributed by atoms with Crippen molar-refractivity contribution in [2.45, 2.75) is 11.9 Å². The molecule has 4 rings (SSSR count). The van der Waals surface area contributed by atoms with E-state index in [9.17, 15) is 4.79 Å². The fourth-order valence-electron chi connectivity index (χ4n) is 2.78. The van der Waals surface area contributed by atoms with Crippen molar-refractivity contribution in [2.75, 3.05) is 11.1 Å². The molecule has 2 aromatic heterocycles. The molecule has 7 heteroatoms. The largest absolute Gasteiger partial charge is 0.451 e. The minimum Gasteiger partial charge on any atom is -0.451 e. The van der Waals surface area contributed by atoms with Crippen LogP contribution in [-0.2, 0) is 4.79 Å². The highest BCUT2D eigenvalue weighted by Crippen LogP contribution is 2.33. The standard InChI is InChI=1S/C20H14N4O2S/c1-12-22-18-14-7-3-5-9-16(14)26-19(18)20(23-12)27-11-17(25)24-15-8-4-2-6-13(15)10-21/h2-9H,11H2,1H3,(H,24,25). The Balaban J connectivity index is 1.58. The maximum atomic E-state index is 12.3. The van der Waals surface area contributed by atoms with Crippen molar-refractivity contribution < 1.29 is 9.21 Å². The fourth-order valence-corrected chi connectivity index (χ4v) is 3.59. The van der Waals surface area contributed by atoms with Gasteiger partial charge in [0.15, 0.2) is 5.58 Å². The number of rotatable bonds is 4. The van der Waals surface area contributed by atoms with Gasteiger partial charge in [-0.1, -0.05) is 36.0 Å². The van der Waals surface area contributed by atoms with Crippen molar-refractivity contribution >= 4 is 45.4 Å². The van der Waals surface area contributed by atoms with Crippen molar-refractivity contribution in [1.82, 2.24) is 9.97 Å². The average molecular weight is 374 g/mol. The number of carbonyl (C=O) groups excluding carboxylic acids is 1. The minimum atomic E-state index is -0.219. The molecule has 0 aliphatic heterocycles. The van der Waals surface area contributed by atoms with E-state index in [1.807, 2.05) is 31.2 Å². The van der Waals surface area contributed by atoms with Gasteiger partial charge in [0.25, 0.3) is 0 Å². The first-order valence-corrected chi connectivity index (χ1v) is 9.22. The van der Waals surface area contributed by atoms with Crippen molar-refractivity contribution in [2.24, 2.45) is 0 Å². The van der Waals surface area contributed by atoms with E-state index >= 15 is 0 Å². The molecule has 2 heterocycles. The maximum absolute atomic E-state index is 12.3. The molecule has 132 valence electrons. The van der Waals surface area contributed by atoms with Gasteiger partial charge in [0.1, 0.15) is 28.0 Å². The maximum Gasteiger partial charge on any atom is 0.234 e. The molecule has 0 fully saturated rings. The van der Waals surface area contributed by atoms with Crippen LogP contribution in [0.5, 0.6) is 0 Å². The number of amides is 1. The van der Waals surface area contributed by atoms with E-state index < -0.39 is 0 Å². The van der Waals surface area contributed by atoms with E-state index in [-0.39, 0.29) is 11.7 Å². The van der Waals surface area contributed by atoms with Gasteiger partial charge in [-0.25, -0.2) is 9.97 Å². The number of hydrogen-bond donors (Lipinski definition) is 1. The molecule has 0 saturated carbocycles. The normalized spacial score (nSPS) is 10.8. The number of para-hydroxylation sites is 2. The van der Waals surface area contributed by atoms with Crippen LogP contribution < -0.4 is 5.32 Å². The zero-order valence-electron chi connectivity index (χ0n) is 14.4. The molecule has 0 bridgehead atoms. The van der Waals surface area contributed by atoms with E-state index in [0.717, 1.165) is 16.5 Å². The second kappa shape index (κ2) is 7.09. The summed E-state index contributed by atoms with van der Waals surface area (Å²) in [4.78, 5) is 21.3. The number of fused-ring (bicyclic) bond motifs is 3. The Morgan fingerprint density at radius 2 is 1.96 bits per heavy atom. The van der Waals surface area contributed by atoms with Gasteiger partial charge >= 0.3 is 0 Å². The monoisotopic (exact) mass is 374 g/mol. The number of thioether (sulfide) groups is 1. The Labute approximate surface area is 159 Å². The number of aryl methyl sites for hydroxylation is 1. The van der Waals surface area contributed by atoms with Crippen LogP contribution in [0.25, 0.3) is 22.1 Å². The van der Waals surface area contributed by atoms with E-state index in [1.54, 1.807) is 24.3 Å². The SMILES string of the molecule is Cc1nc(SCC(=O)Nc2ccccc2C#N)c2oc3ccccc3c2n1. The molecule has 0 radical (unpaired) electrons. The number of nitrogens with zero attached hydrogens (tertiary/aromatic N) is 3. The highest BCUT2D eigenvalue weighted by Gasteiger charge is 2.16. The lowest BCUT2D eigenvalue weighted by molar-refractivity contribution is -0.113. The number of benzene rings is 2. The lowest BCUT2D eigenvalue weighted by atomic mass is 10.2. The van der Waals surface area contributed by atoms with Crippen LogP contribution in [0.4, 0.5) is 5.69 Å².